The van der Waals surface area contributed by atoms with Crippen molar-refractivity contribution in [1.29, 1.82) is 0 Å². The number of likely N-dealkylation sites (tertiary alicyclic amines) is 1. The van der Waals surface area contributed by atoms with Gasteiger partial charge in [-0.3, -0.25) is 19.8 Å². The molecule has 1 unspecified atom stereocenters. The van der Waals surface area contributed by atoms with Gasteiger partial charge in [-0.15, -0.1) is 0 Å². The van der Waals surface area contributed by atoms with Gasteiger partial charge in [-0.05, 0) is 49.4 Å². The van der Waals surface area contributed by atoms with E-state index in [1.54, 1.807) is 41.2 Å². The number of hydrogen-bond acceptors (Lipinski definition) is 7. The average molecular weight is 592 g/mol. The van der Waals surface area contributed by atoms with E-state index in [1.165, 1.54) is 0 Å². The van der Waals surface area contributed by atoms with Gasteiger partial charge in [0.1, 0.15) is 11.9 Å². The fourth-order valence-electron chi connectivity index (χ4n) is 4.54. The third-order valence-corrected chi connectivity index (χ3v) is 8.43. The molecule has 4 N–H and O–H groups in total. The Morgan fingerprint density at radius 3 is 2.61 bits per heavy atom. The van der Waals surface area contributed by atoms with Crippen LogP contribution in [0.25, 0.3) is 0 Å². The van der Waals surface area contributed by atoms with E-state index in [0.29, 0.717) is 38.3 Å². The molecular formula is C27H41N7O6S. The van der Waals surface area contributed by atoms with Crippen LogP contribution in [0.2, 0.25) is 0 Å². The van der Waals surface area contributed by atoms with Crippen molar-refractivity contribution in [2.75, 3.05) is 37.8 Å². The number of sulfonamides is 1. The number of aryl methyl sites for hydroxylation is 1. The molecule has 0 aromatic carbocycles. The third kappa shape index (κ3) is 10.4. The molecule has 3 rings (SSSR count). The number of carboxylic acids is 1. The monoisotopic (exact) mass is 591 g/mol. The minimum Gasteiger partial charge on any atom is -0.480 e. The number of piperidine rings is 1. The lowest BCUT2D eigenvalue weighted by Crippen LogP contribution is -2.48. The Hall–Kier alpha value is -3.49. The first-order valence-electron chi connectivity index (χ1n) is 13.8. The molecule has 1 aliphatic rings. The fourth-order valence-corrected chi connectivity index (χ4v) is 5.93. The molecule has 0 bridgehead atoms. The molecule has 13 nitrogen and oxygen atoms in total. The Morgan fingerprint density at radius 2 is 1.95 bits per heavy atom. The zero-order chi connectivity index (χ0) is 30.0. The van der Waals surface area contributed by atoms with Crippen molar-refractivity contribution >= 4 is 33.7 Å². The molecule has 1 fully saturated rings. The molecule has 41 heavy (non-hydrogen) atoms. The van der Waals surface area contributed by atoms with Crippen LogP contribution in [0.1, 0.15) is 43.7 Å². The summed E-state index contributed by atoms with van der Waals surface area (Å²) in [4.78, 5) is 44.7. The number of nitrogens with zero attached hydrogens (tertiary/aromatic N) is 4. The van der Waals surface area contributed by atoms with Crippen LogP contribution in [0, 0.1) is 6.92 Å². The summed E-state index contributed by atoms with van der Waals surface area (Å²) >= 11 is 0. The summed E-state index contributed by atoms with van der Waals surface area (Å²) in [5.41, 5.74) is 1.68. The topological polar surface area (TPSA) is 166 Å². The molecule has 3 heterocycles. The summed E-state index contributed by atoms with van der Waals surface area (Å²) in [5, 5.41) is 15.3. The van der Waals surface area contributed by atoms with Crippen molar-refractivity contribution in [2.45, 2.75) is 64.7 Å². The zero-order valence-corrected chi connectivity index (χ0v) is 24.7. The number of unbranched alkanes of at least 4 members (excludes halogenated alkanes) is 1. The number of anilines is 1. The SMILES string of the molecule is CCCCS(=O)(=O)NC(Cn1ccc(CN(C)C(=O)CN2CCC(NC(=O)Nc3ncccc3C)CC2)c1)C(=O)O. The van der Waals surface area contributed by atoms with Crippen molar-refractivity contribution in [3.05, 3.63) is 47.9 Å². The van der Waals surface area contributed by atoms with Crippen LogP contribution in [0.5, 0.6) is 0 Å². The van der Waals surface area contributed by atoms with Gasteiger partial charge in [-0.25, -0.2) is 18.2 Å². The Labute approximate surface area is 241 Å². The van der Waals surface area contributed by atoms with Crippen molar-refractivity contribution < 1.29 is 27.9 Å². The van der Waals surface area contributed by atoms with Crippen LogP contribution in [-0.4, -0.2) is 95.3 Å². The maximum atomic E-state index is 12.9. The summed E-state index contributed by atoms with van der Waals surface area (Å²) in [7, 11) is -1.99. The van der Waals surface area contributed by atoms with Crippen molar-refractivity contribution in [1.82, 2.24) is 29.4 Å². The van der Waals surface area contributed by atoms with Crippen LogP contribution in [0.3, 0.4) is 0 Å². The second-order valence-electron chi connectivity index (χ2n) is 10.5. The molecule has 226 valence electrons. The number of pyridine rings is 1. The second kappa shape index (κ2) is 14.9. The van der Waals surface area contributed by atoms with Gasteiger partial charge in [0.25, 0.3) is 0 Å². The van der Waals surface area contributed by atoms with E-state index in [9.17, 15) is 27.9 Å². The van der Waals surface area contributed by atoms with Crippen molar-refractivity contribution in [3.8, 4) is 0 Å². The first-order valence-corrected chi connectivity index (χ1v) is 15.4. The minimum absolute atomic E-state index is 0.00798. The van der Waals surface area contributed by atoms with E-state index in [0.717, 1.165) is 24.0 Å². The lowest BCUT2D eigenvalue weighted by molar-refractivity contribution is -0.139. The largest absolute Gasteiger partial charge is 0.480 e. The van der Waals surface area contributed by atoms with E-state index in [-0.39, 0.29) is 36.8 Å². The van der Waals surface area contributed by atoms with E-state index in [2.05, 4.69) is 25.2 Å². The van der Waals surface area contributed by atoms with E-state index in [4.69, 9.17) is 0 Å². The Morgan fingerprint density at radius 1 is 1.22 bits per heavy atom. The van der Waals surface area contributed by atoms with Crippen LogP contribution < -0.4 is 15.4 Å². The Bertz CT molecular complexity index is 1290. The van der Waals surface area contributed by atoms with Crippen LogP contribution in [0.15, 0.2) is 36.8 Å². The molecule has 2 aromatic rings. The van der Waals surface area contributed by atoms with Gasteiger partial charge in [0.15, 0.2) is 0 Å². The van der Waals surface area contributed by atoms with Crippen LogP contribution in [-0.2, 0) is 32.7 Å². The van der Waals surface area contributed by atoms with Crippen LogP contribution >= 0.6 is 0 Å². The molecule has 14 heteroatoms. The van der Waals surface area contributed by atoms with Gasteiger partial charge >= 0.3 is 12.0 Å². The second-order valence-corrected chi connectivity index (χ2v) is 12.3. The molecule has 2 aromatic heterocycles. The number of aliphatic carboxylic acids is 1. The highest BCUT2D eigenvalue weighted by Gasteiger charge is 2.25. The van der Waals surface area contributed by atoms with Gasteiger partial charge in [0, 0.05) is 57.9 Å². The maximum Gasteiger partial charge on any atom is 0.323 e. The summed E-state index contributed by atoms with van der Waals surface area (Å²) in [5.74, 6) is -0.901. The number of carboxylic acid groups (broad SMARTS) is 1. The molecule has 1 aliphatic heterocycles. The summed E-state index contributed by atoms with van der Waals surface area (Å²) < 4.78 is 28.2. The van der Waals surface area contributed by atoms with E-state index in [1.807, 2.05) is 26.0 Å². The number of rotatable bonds is 14. The lowest BCUT2D eigenvalue weighted by Gasteiger charge is -2.32. The number of hydrogen-bond donors (Lipinski definition) is 4. The van der Waals surface area contributed by atoms with Crippen LogP contribution in [0.4, 0.5) is 10.6 Å². The van der Waals surface area contributed by atoms with Crippen molar-refractivity contribution in [3.63, 3.8) is 0 Å². The number of carbonyl (C=O) groups is 3. The number of likely N-dealkylation sites (N-methyl/N-ethyl adjacent to an activating group) is 1. The number of aromatic nitrogens is 2. The smallest absolute Gasteiger partial charge is 0.323 e. The van der Waals surface area contributed by atoms with Gasteiger partial charge in [0.2, 0.25) is 15.9 Å². The molecular weight excluding hydrogens is 550 g/mol. The molecule has 0 aliphatic carbocycles. The molecule has 3 amide bonds. The standard InChI is InChI=1S/C27H41N7O6S/c1-4-5-15-41(39,40)31-23(26(36)37)18-34-12-8-21(17-34)16-32(3)24(35)19-33-13-9-22(10-14-33)29-27(38)30-25-20(2)7-6-11-28-25/h6-8,11-12,17,22-23,31H,4-5,9-10,13-16,18-19H2,1-3H3,(H,36,37)(H2,28,29,30,38). The molecule has 1 atom stereocenters. The lowest BCUT2D eigenvalue weighted by atomic mass is 10.1. The number of amides is 3. The number of carbonyl (C=O) groups excluding carboxylic acids is 2. The predicted octanol–water partition coefficient (Wildman–Crippen LogP) is 1.61. The van der Waals surface area contributed by atoms with Gasteiger partial charge in [-0.2, -0.15) is 4.72 Å². The highest BCUT2D eigenvalue weighted by atomic mass is 32.2. The van der Waals surface area contributed by atoms with E-state index >= 15 is 0 Å². The average Bonchev–Trinajstić information content (AvgIpc) is 3.36. The minimum atomic E-state index is -3.70. The summed E-state index contributed by atoms with van der Waals surface area (Å²) in [6.45, 7) is 5.61. The van der Waals surface area contributed by atoms with Crippen molar-refractivity contribution in [2.24, 2.45) is 0 Å². The molecule has 0 spiro atoms. The Balaban J connectivity index is 1.42. The maximum absolute atomic E-state index is 12.9. The number of urea groups is 1. The summed E-state index contributed by atoms with van der Waals surface area (Å²) in [6.07, 6.45) is 7.60. The predicted molar refractivity (Wildman–Crippen MR) is 155 cm³/mol. The first kappa shape index (κ1) is 32.0. The van der Waals surface area contributed by atoms with Gasteiger partial charge in [-0.1, -0.05) is 19.4 Å². The zero-order valence-electron chi connectivity index (χ0n) is 23.9. The Kier molecular flexibility index (Phi) is 11.7. The highest BCUT2D eigenvalue weighted by Crippen LogP contribution is 2.13. The highest BCUT2D eigenvalue weighted by molar-refractivity contribution is 7.89. The normalized spacial score (nSPS) is 15.3. The first-order chi connectivity index (χ1) is 19.5. The molecule has 1 saturated heterocycles. The summed E-state index contributed by atoms with van der Waals surface area (Å²) in [6, 6.07) is 3.89. The van der Waals surface area contributed by atoms with Gasteiger partial charge in [0.05, 0.1) is 12.3 Å². The fraction of sp³-hybridized carbons (Fsp3) is 0.556. The third-order valence-electron chi connectivity index (χ3n) is 6.96. The van der Waals surface area contributed by atoms with Gasteiger partial charge < -0.3 is 19.9 Å². The molecule has 0 saturated carbocycles. The quantitative estimate of drug-likeness (QED) is 0.257. The molecule has 0 radical (unpaired) electrons. The number of nitrogens with one attached hydrogen (secondary N) is 3. The van der Waals surface area contributed by atoms with E-state index < -0.39 is 22.0 Å².